The first-order valence-electron chi connectivity index (χ1n) is 10.7. The second-order valence-corrected chi connectivity index (χ2v) is 8.17. The summed E-state index contributed by atoms with van der Waals surface area (Å²) in [6.45, 7) is 4.69. The fourth-order valence-electron chi connectivity index (χ4n) is 3.79. The molecule has 0 saturated carbocycles. The van der Waals surface area contributed by atoms with Crippen molar-refractivity contribution in [3.05, 3.63) is 94.8 Å². The molecule has 1 unspecified atom stereocenters. The highest BCUT2D eigenvalue weighted by atomic mass is 35.5. The van der Waals surface area contributed by atoms with Crippen molar-refractivity contribution < 1.29 is 9.94 Å². The number of rotatable bonds is 10. The number of nitrogens with zero attached hydrogens (tertiary/aromatic N) is 2. The molecule has 0 radical (unpaired) electrons. The largest absolute Gasteiger partial charge is 0.411 e. The molecule has 0 aliphatic carbocycles. The Morgan fingerprint density at radius 3 is 2.50 bits per heavy atom. The molecule has 0 amide bonds. The van der Waals surface area contributed by atoms with E-state index in [4.69, 9.17) is 16.3 Å². The predicted molar refractivity (Wildman–Crippen MR) is 131 cm³/mol. The molecule has 0 fully saturated rings. The molecule has 5 nitrogen and oxygen atoms in total. The van der Waals surface area contributed by atoms with E-state index in [-0.39, 0.29) is 12.0 Å². The second-order valence-electron chi connectivity index (χ2n) is 7.86. The second kappa shape index (κ2) is 11.7. The molecule has 0 aliphatic rings. The third-order valence-corrected chi connectivity index (χ3v) is 6.01. The van der Waals surface area contributed by atoms with Crippen LogP contribution in [0.4, 0.5) is 5.69 Å². The Hall–Kier alpha value is -2.89. The Morgan fingerprint density at radius 1 is 1.12 bits per heavy atom. The van der Waals surface area contributed by atoms with E-state index in [0.717, 1.165) is 22.5 Å². The maximum atomic E-state index is 9.83. The summed E-state index contributed by atoms with van der Waals surface area (Å²) in [4.78, 5) is 4.26. The van der Waals surface area contributed by atoms with E-state index in [1.54, 1.807) is 13.3 Å². The summed E-state index contributed by atoms with van der Waals surface area (Å²) in [7, 11) is 1.66. The molecule has 6 heteroatoms. The molecular formula is C26H30ClN3O2. The van der Waals surface area contributed by atoms with E-state index < -0.39 is 0 Å². The zero-order valence-electron chi connectivity index (χ0n) is 18.8. The van der Waals surface area contributed by atoms with Crippen LogP contribution < -0.4 is 5.32 Å². The van der Waals surface area contributed by atoms with Gasteiger partial charge >= 0.3 is 0 Å². The number of methoxy groups -OCH3 is 1. The highest BCUT2D eigenvalue weighted by Crippen LogP contribution is 2.32. The van der Waals surface area contributed by atoms with Crippen LogP contribution in [0, 0.1) is 13.8 Å². The number of aromatic nitrogens is 1. The van der Waals surface area contributed by atoms with Gasteiger partial charge in [-0.25, -0.2) is 0 Å². The molecule has 32 heavy (non-hydrogen) atoms. The lowest BCUT2D eigenvalue weighted by Gasteiger charge is -2.21. The number of nitrogens with one attached hydrogen (secondary N) is 1. The van der Waals surface area contributed by atoms with Crippen LogP contribution in [0.5, 0.6) is 0 Å². The molecule has 0 spiro atoms. The lowest BCUT2D eigenvalue weighted by Crippen LogP contribution is -2.23. The average molecular weight is 452 g/mol. The lowest BCUT2D eigenvalue weighted by molar-refractivity contribution is 0.131. The summed E-state index contributed by atoms with van der Waals surface area (Å²) in [5.74, 6) is 0.480. The van der Waals surface area contributed by atoms with E-state index in [1.807, 2.05) is 25.1 Å². The van der Waals surface area contributed by atoms with Crippen LogP contribution in [-0.4, -0.2) is 41.5 Å². The molecule has 0 saturated heterocycles. The van der Waals surface area contributed by atoms with Crippen LogP contribution in [0.1, 0.15) is 40.3 Å². The molecular weight excluding hydrogens is 422 g/mol. The number of oxime groups is 1. The number of alkyl halides is 1. The van der Waals surface area contributed by atoms with Crippen LogP contribution in [0.15, 0.2) is 72.0 Å². The van der Waals surface area contributed by atoms with Gasteiger partial charge in [0.1, 0.15) is 0 Å². The van der Waals surface area contributed by atoms with Gasteiger partial charge in [0.25, 0.3) is 0 Å². The third-order valence-electron chi connectivity index (χ3n) is 5.66. The highest BCUT2D eigenvalue weighted by Gasteiger charge is 2.20. The van der Waals surface area contributed by atoms with Crippen molar-refractivity contribution in [1.82, 2.24) is 4.98 Å². The minimum Gasteiger partial charge on any atom is -0.411 e. The van der Waals surface area contributed by atoms with Gasteiger partial charge in [-0.1, -0.05) is 41.6 Å². The van der Waals surface area contributed by atoms with Gasteiger partial charge in [0.15, 0.2) is 0 Å². The minimum atomic E-state index is -0.0387. The van der Waals surface area contributed by atoms with Crippen molar-refractivity contribution in [2.24, 2.45) is 5.16 Å². The number of hydrogen-bond donors (Lipinski definition) is 2. The normalized spacial score (nSPS) is 13.6. The number of anilines is 1. The number of ether oxygens (including phenoxy) is 1. The predicted octanol–water partition coefficient (Wildman–Crippen LogP) is 5.76. The highest BCUT2D eigenvalue weighted by molar-refractivity contribution is 6.18. The Kier molecular flexibility index (Phi) is 8.65. The minimum absolute atomic E-state index is 0.0387. The van der Waals surface area contributed by atoms with Crippen molar-refractivity contribution in [1.29, 1.82) is 0 Å². The molecule has 0 aliphatic heterocycles. The monoisotopic (exact) mass is 451 g/mol. The van der Waals surface area contributed by atoms with Crippen LogP contribution >= 0.6 is 11.6 Å². The number of benzene rings is 2. The standard InChI is InChI=1S/C26H30ClN3O2/c1-18-6-4-5-7-24(18)25(15-26(30-31)21-12-13-28-19(2)14-21)20-8-10-22(11-9-20)29-17-23(16-27)32-3/h4-14,23,25,29,31H,15-17H2,1-3H3/b30-26-/t23?,25-/m1/s1. The van der Waals surface area contributed by atoms with Crippen LogP contribution in [0.25, 0.3) is 0 Å². The molecule has 3 aromatic rings. The zero-order chi connectivity index (χ0) is 22.9. The van der Waals surface area contributed by atoms with Crippen molar-refractivity contribution in [3.8, 4) is 0 Å². The lowest BCUT2D eigenvalue weighted by atomic mass is 9.83. The SMILES string of the molecule is COC(CCl)CNc1ccc([C@@H](C/C(=N/O)c2ccnc(C)c2)c2ccccc2C)cc1. The van der Waals surface area contributed by atoms with Crippen LogP contribution in [-0.2, 0) is 4.74 Å². The van der Waals surface area contributed by atoms with Crippen LogP contribution in [0.3, 0.4) is 0 Å². The molecule has 2 atom stereocenters. The molecule has 1 heterocycles. The fourth-order valence-corrected chi connectivity index (χ4v) is 4.02. The smallest absolute Gasteiger partial charge is 0.0878 e. The van der Waals surface area contributed by atoms with Crippen molar-refractivity contribution in [2.75, 3.05) is 24.9 Å². The first-order valence-corrected chi connectivity index (χ1v) is 11.2. The molecule has 2 aromatic carbocycles. The van der Waals surface area contributed by atoms with Gasteiger partial charge in [-0.05, 0) is 54.8 Å². The molecule has 3 rings (SSSR count). The van der Waals surface area contributed by atoms with E-state index in [1.165, 1.54) is 11.1 Å². The summed E-state index contributed by atoms with van der Waals surface area (Å²) in [6, 6.07) is 20.5. The van der Waals surface area contributed by atoms with Gasteiger partial charge in [0, 0.05) is 49.1 Å². The van der Waals surface area contributed by atoms with E-state index in [9.17, 15) is 5.21 Å². The maximum absolute atomic E-state index is 9.83. The van der Waals surface area contributed by atoms with Gasteiger partial charge in [0.2, 0.25) is 0 Å². The summed E-state index contributed by atoms with van der Waals surface area (Å²) in [5, 5.41) is 16.9. The summed E-state index contributed by atoms with van der Waals surface area (Å²) >= 11 is 5.91. The van der Waals surface area contributed by atoms with E-state index in [2.05, 4.69) is 64.8 Å². The summed E-state index contributed by atoms with van der Waals surface area (Å²) in [6.07, 6.45) is 2.27. The summed E-state index contributed by atoms with van der Waals surface area (Å²) < 4.78 is 5.32. The molecule has 2 N–H and O–H groups in total. The first-order chi connectivity index (χ1) is 15.5. The van der Waals surface area contributed by atoms with Crippen molar-refractivity contribution >= 4 is 23.0 Å². The Balaban J connectivity index is 1.89. The quantitative estimate of drug-likeness (QED) is 0.178. The van der Waals surface area contributed by atoms with Gasteiger partial charge in [-0.2, -0.15) is 0 Å². The number of hydrogen-bond acceptors (Lipinski definition) is 5. The van der Waals surface area contributed by atoms with Crippen molar-refractivity contribution in [3.63, 3.8) is 0 Å². The summed E-state index contributed by atoms with van der Waals surface area (Å²) in [5.41, 5.74) is 6.97. The van der Waals surface area contributed by atoms with Crippen molar-refractivity contribution in [2.45, 2.75) is 32.3 Å². The first kappa shape index (κ1) is 23.8. The third kappa shape index (κ3) is 6.09. The maximum Gasteiger partial charge on any atom is 0.0878 e. The fraction of sp³-hybridized carbons (Fsp3) is 0.308. The van der Waals surface area contributed by atoms with Gasteiger partial charge < -0.3 is 15.3 Å². The Bertz CT molecular complexity index is 1030. The number of aryl methyl sites for hydroxylation is 2. The number of pyridine rings is 1. The topological polar surface area (TPSA) is 66.7 Å². The van der Waals surface area contributed by atoms with E-state index >= 15 is 0 Å². The Labute approximate surface area is 195 Å². The van der Waals surface area contributed by atoms with Gasteiger partial charge in [-0.15, -0.1) is 11.6 Å². The Morgan fingerprint density at radius 2 is 1.88 bits per heavy atom. The molecule has 168 valence electrons. The average Bonchev–Trinajstić information content (AvgIpc) is 2.82. The zero-order valence-corrected chi connectivity index (χ0v) is 19.5. The number of halogens is 1. The van der Waals surface area contributed by atoms with E-state index in [0.29, 0.717) is 24.6 Å². The van der Waals surface area contributed by atoms with Gasteiger partial charge in [-0.3, -0.25) is 4.98 Å². The molecule has 1 aromatic heterocycles. The molecule has 0 bridgehead atoms. The van der Waals surface area contributed by atoms with Crippen LogP contribution in [0.2, 0.25) is 0 Å². The van der Waals surface area contributed by atoms with Gasteiger partial charge in [0.05, 0.1) is 17.7 Å².